The Hall–Kier alpha value is -1.60. The lowest BCUT2D eigenvalue weighted by atomic mass is 10.1. The van der Waals surface area contributed by atoms with Gasteiger partial charge in [0.2, 0.25) is 0 Å². The Bertz CT molecular complexity index is 933. The zero-order valence-electron chi connectivity index (χ0n) is 15.1. The molecule has 0 unspecified atom stereocenters. The van der Waals surface area contributed by atoms with Gasteiger partial charge in [-0.15, -0.1) is 0 Å². The Morgan fingerprint density at radius 2 is 1.96 bits per heavy atom. The van der Waals surface area contributed by atoms with Gasteiger partial charge >= 0.3 is 11.7 Å². The highest BCUT2D eigenvalue weighted by Crippen LogP contribution is 2.19. The summed E-state index contributed by atoms with van der Waals surface area (Å²) in [6.45, 7) is 5.28. The Balaban J connectivity index is 2.80. The van der Waals surface area contributed by atoms with E-state index in [9.17, 15) is 14.4 Å². The first-order valence-electron chi connectivity index (χ1n) is 8.44. The number of benzene rings is 1. The summed E-state index contributed by atoms with van der Waals surface area (Å²) >= 11 is 9.43. The third-order valence-electron chi connectivity index (χ3n) is 4.20. The number of aromatic nitrogens is 2. The predicted molar refractivity (Wildman–Crippen MR) is 106 cm³/mol. The zero-order valence-corrected chi connectivity index (χ0v) is 17.4. The molecular weight excluding hydrogens is 424 g/mol. The smallest absolute Gasteiger partial charge is 0.332 e. The summed E-state index contributed by atoms with van der Waals surface area (Å²) in [5.41, 5.74) is -2.01. The van der Waals surface area contributed by atoms with E-state index in [1.807, 2.05) is 0 Å². The van der Waals surface area contributed by atoms with E-state index >= 15 is 0 Å². The average Bonchev–Trinajstić information content (AvgIpc) is 2.58. The molecule has 0 radical (unpaired) electrons. The van der Waals surface area contributed by atoms with Gasteiger partial charge in [0.25, 0.3) is 5.56 Å². The standard InChI is InChI=1S/C18H22BrClN2O4/c1-4-26-16(24)18(2,3)22-15(23)13-11-12(20)7-8-14(13)21(17(22)25)10-6-5-9-19/h7-8,11H,4-6,9-10H2,1-3H3. The van der Waals surface area contributed by atoms with Crippen LogP contribution in [0.5, 0.6) is 0 Å². The number of hydrogen-bond donors (Lipinski definition) is 0. The van der Waals surface area contributed by atoms with E-state index in [2.05, 4.69) is 15.9 Å². The third kappa shape index (κ3) is 3.88. The fraction of sp³-hybridized carbons (Fsp3) is 0.500. The third-order valence-corrected chi connectivity index (χ3v) is 5.00. The summed E-state index contributed by atoms with van der Waals surface area (Å²) in [6.07, 6.45) is 1.63. The minimum Gasteiger partial charge on any atom is -0.464 e. The first-order valence-corrected chi connectivity index (χ1v) is 9.94. The van der Waals surface area contributed by atoms with Gasteiger partial charge in [0, 0.05) is 16.9 Å². The molecule has 2 aromatic rings. The van der Waals surface area contributed by atoms with Crippen LogP contribution in [0.1, 0.15) is 33.6 Å². The lowest BCUT2D eigenvalue weighted by Crippen LogP contribution is -2.53. The molecule has 0 aliphatic heterocycles. The minimum atomic E-state index is -1.43. The van der Waals surface area contributed by atoms with Crippen LogP contribution in [-0.2, 0) is 21.6 Å². The second-order valence-electron chi connectivity index (χ2n) is 6.41. The number of hydrogen-bond acceptors (Lipinski definition) is 4. The van der Waals surface area contributed by atoms with Crippen LogP contribution < -0.4 is 11.2 Å². The van der Waals surface area contributed by atoms with Crippen molar-refractivity contribution in [1.82, 2.24) is 9.13 Å². The fourth-order valence-corrected chi connectivity index (χ4v) is 3.39. The van der Waals surface area contributed by atoms with Crippen LogP contribution in [0, 0.1) is 0 Å². The Morgan fingerprint density at radius 1 is 1.27 bits per heavy atom. The van der Waals surface area contributed by atoms with Gasteiger partial charge in [-0.3, -0.25) is 9.36 Å². The monoisotopic (exact) mass is 444 g/mol. The molecule has 0 bridgehead atoms. The Labute approximate surface area is 164 Å². The van der Waals surface area contributed by atoms with E-state index in [-0.39, 0.29) is 6.61 Å². The highest BCUT2D eigenvalue weighted by atomic mass is 79.9. The number of aryl methyl sites for hydroxylation is 1. The molecule has 1 aromatic carbocycles. The molecule has 1 aromatic heterocycles. The summed E-state index contributed by atoms with van der Waals surface area (Å²) < 4.78 is 7.56. The van der Waals surface area contributed by atoms with Crippen molar-refractivity contribution in [3.05, 3.63) is 44.1 Å². The van der Waals surface area contributed by atoms with Crippen molar-refractivity contribution in [3.63, 3.8) is 0 Å². The van der Waals surface area contributed by atoms with Crippen molar-refractivity contribution in [3.8, 4) is 0 Å². The molecule has 0 spiro atoms. The molecule has 6 nitrogen and oxygen atoms in total. The lowest BCUT2D eigenvalue weighted by molar-refractivity contribution is -0.152. The van der Waals surface area contributed by atoms with Crippen molar-refractivity contribution in [2.75, 3.05) is 11.9 Å². The average molecular weight is 446 g/mol. The van der Waals surface area contributed by atoms with E-state index in [1.165, 1.54) is 24.5 Å². The lowest BCUT2D eigenvalue weighted by Gasteiger charge is -2.26. The highest BCUT2D eigenvalue weighted by molar-refractivity contribution is 9.09. The van der Waals surface area contributed by atoms with Gasteiger partial charge in [-0.1, -0.05) is 27.5 Å². The quantitative estimate of drug-likeness (QED) is 0.372. The van der Waals surface area contributed by atoms with Crippen molar-refractivity contribution in [2.24, 2.45) is 0 Å². The van der Waals surface area contributed by atoms with Crippen molar-refractivity contribution >= 4 is 44.4 Å². The first-order chi connectivity index (χ1) is 12.3. The molecule has 0 atom stereocenters. The molecule has 0 amide bonds. The normalized spacial score (nSPS) is 11.7. The van der Waals surface area contributed by atoms with E-state index in [4.69, 9.17) is 16.3 Å². The topological polar surface area (TPSA) is 70.3 Å². The van der Waals surface area contributed by atoms with Crippen LogP contribution in [0.15, 0.2) is 27.8 Å². The molecule has 8 heteroatoms. The number of halogens is 2. The van der Waals surface area contributed by atoms with Gasteiger partial charge in [-0.05, 0) is 51.8 Å². The molecule has 0 aliphatic carbocycles. The second kappa shape index (κ2) is 8.39. The van der Waals surface area contributed by atoms with E-state index in [0.29, 0.717) is 22.5 Å². The molecule has 0 fully saturated rings. The van der Waals surface area contributed by atoms with Crippen LogP contribution in [0.2, 0.25) is 5.02 Å². The minimum absolute atomic E-state index is 0.163. The van der Waals surface area contributed by atoms with Crippen molar-refractivity contribution in [1.29, 1.82) is 0 Å². The summed E-state index contributed by atoms with van der Waals surface area (Å²) in [6, 6.07) is 4.83. The molecule has 26 heavy (non-hydrogen) atoms. The molecule has 142 valence electrons. The van der Waals surface area contributed by atoms with Crippen LogP contribution in [-0.4, -0.2) is 27.0 Å². The molecular formula is C18H22BrClN2O4. The van der Waals surface area contributed by atoms with Gasteiger partial charge in [0.1, 0.15) is 5.54 Å². The number of ether oxygens (including phenoxy) is 1. The Morgan fingerprint density at radius 3 is 2.58 bits per heavy atom. The number of carbonyl (C=O) groups excluding carboxylic acids is 1. The first kappa shape index (κ1) is 20.7. The molecule has 2 rings (SSSR count). The number of alkyl halides is 1. The molecule has 1 heterocycles. The SMILES string of the molecule is CCOC(=O)C(C)(C)n1c(=O)c2cc(Cl)ccc2n(CCCCBr)c1=O. The van der Waals surface area contributed by atoms with Crippen LogP contribution in [0.4, 0.5) is 0 Å². The Kier molecular flexibility index (Phi) is 6.69. The summed E-state index contributed by atoms with van der Waals surface area (Å²) in [5.74, 6) is -0.632. The van der Waals surface area contributed by atoms with Gasteiger partial charge in [0.05, 0.1) is 17.5 Å². The van der Waals surface area contributed by atoms with Crippen molar-refractivity contribution in [2.45, 2.75) is 45.7 Å². The van der Waals surface area contributed by atoms with E-state index < -0.39 is 22.8 Å². The van der Waals surface area contributed by atoms with Crippen LogP contribution >= 0.6 is 27.5 Å². The maximum atomic E-state index is 13.1. The number of rotatable bonds is 7. The van der Waals surface area contributed by atoms with E-state index in [0.717, 1.165) is 22.7 Å². The molecule has 0 N–H and O–H groups in total. The van der Waals surface area contributed by atoms with Crippen LogP contribution in [0.3, 0.4) is 0 Å². The van der Waals surface area contributed by atoms with Crippen molar-refractivity contribution < 1.29 is 9.53 Å². The maximum Gasteiger partial charge on any atom is 0.332 e. The highest BCUT2D eigenvalue weighted by Gasteiger charge is 2.35. The molecule has 0 saturated heterocycles. The number of nitrogens with zero attached hydrogens (tertiary/aromatic N) is 2. The molecule has 0 saturated carbocycles. The fourth-order valence-electron chi connectivity index (χ4n) is 2.82. The van der Waals surface area contributed by atoms with Gasteiger partial charge in [-0.2, -0.15) is 0 Å². The van der Waals surface area contributed by atoms with Gasteiger partial charge in [-0.25, -0.2) is 14.2 Å². The number of fused-ring (bicyclic) bond motifs is 1. The maximum absolute atomic E-state index is 13.1. The number of unbranched alkanes of at least 4 members (excludes halogenated alkanes) is 1. The second-order valence-corrected chi connectivity index (χ2v) is 7.64. The predicted octanol–water partition coefficient (Wildman–Crippen LogP) is 3.29. The number of esters is 1. The van der Waals surface area contributed by atoms with Gasteiger partial charge < -0.3 is 4.74 Å². The largest absolute Gasteiger partial charge is 0.464 e. The summed E-state index contributed by atoms with van der Waals surface area (Å²) in [7, 11) is 0. The number of carbonyl (C=O) groups is 1. The zero-order chi connectivity index (χ0) is 19.5. The molecule has 0 aliphatic rings. The van der Waals surface area contributed by atoms with Gasteiger partial charge in [0.15, 0.2) is 0 Å². The summed E-state index contributed by atoms with van der Waals surface area (Å²) in [5, 5.41) is 1.51. The van der Waals surface area contributed by atoms with Crippen LogP contribution in [0.25, 0.3) is 10.9 Å². The summed E-state index contributed by atoms with van der Waals surface area (Å²) in [4.78, 5) is 38.5. The van der Waals surface area contributed by atoms with E-state index in [1.54, 1.807) is 19.1 Å².